The van der Waals surface area contributed by atoms with Crippen LogP contribution in [0.25, 0.3) is 5.57 Å². The second-order valence-corrected chi connectivity index (χ2v) is 8.96. The molecule has 0 saturated carbocycles. The van der Waals surface area contributed by atoms with Crippen molar-refractivity contribution < 1.29 is 8.78 Å². The van der Waals surface area contributed by atoms with Gasteiger partial charge >= 0.3 is 0 Å². The van der Waals surface area contributed by atoms with E-state index in [4.69, 9.17) is 0 Å². The van der Waals surface area contributed by atoms with Gasteiger partial charge in [0.2, 0.25) is 0 Å². The highest BCUT2D eigenvalue weighted by Gasteiger charge is 2.20. The van der Waals surface area contributed by atoms with Crippen molar-refractivity contribution in [2.24, 2.45) is 11.8 Å². The van der Waals surface area contributed by atoms with Crippen LogP contribution in [0.4, 0.5) is 8.78 Å². The van der Waals surface area contributed by atoms with Crippen molar-refractivity contribution in [1.29, 1.82) is 0 Å². The van der Waals surface area contributed by atoms with Gasteiger partial charge in [-0.15, -0.1) is 0 Å². The molecule has 0 saturated heterocycles. The van der Waals surface area contributed by atoms with Gasteiger partial charge in [0.1, 0.15) is 0 Å². The molecule has 2 atom stereocenters. The molecule has 2 heteroatoms. The number of rotatable bonds is 8. The summed E-state index contributed by atoms with van der Waals surface area (Å²) in [6.45, 7) is 4.41. The monoisotopic (exact) mass is 398 g/mol. The third-order valence-corrected chi connectivity index (χ3v) is 6.66. The number of allylic oxidation sites excluding steroid dienone is 6. The number of hydrogen-bond acceptors (Lipinski definition) is 0. The average molecular weight is 399 g/mol. The Hall–Kier alpha value is -1.70. The number of halogens is 2. The van der Waals surface area contributed by atoms with Gasteiger partial charge in [-0.25, -0.2) is 8.78 Å². The zero-order valence-corrected chi connectivity index (χ0v) is 18.2. The fourth-order valence-corrected chi connectivity index (χ4v) is 4.61. The number of aryl methyl sites for hydroxylation is 1. The minimum Gasteiger partial charge on any atom is -0.203 e. The van der Waals surface area contributed by atoms with E-state index in [1.54, 1.807) is 12.1 Å². The number of unbranched alkanes of at least 4 members (excludes halogenated alkanes) is 1. The molecule has 158 valence electrons. The third-order valence-electron chi connectivity index (χ3n) is 6.66. The Labute approximate surface area is 175 Å². The topological polar surface area (TPSA) is 0 Å². The second kappa shape index (κ2) is 10.9. The molecule has 0 heterocycles. The summed E-state index contributed by atoms with van der Waals surface area (Å²) < 4.78 is 29.4. The van der Waals surface area contributed by atoms with Crippen molar-refractivity contribution >= 4 is 5.57 Å². The van der Waals surface area contributed by atoms with E-state index in [-0.39, 0.29) is 0 Å². The van der Waals surface area contributed by atoms with Crippen molar-refractivity contribution in [3.63, 3.8) is 0 Å². The summed E-state index contributed by atoms with van der Waals surface area (Å²) in [4.78, 5) is 0. The highest BCUT2D eigenvalue weighted by atomic mass is 19.2. The predicted octanol–water partition coefficient (Wildman–Crippen LogP) is 8.57. The molecule has 0 spiro atoms. The van der Waals surface area contributed by atoms with Crippen molar-refractivity contribution in [2.45, 2.75) is 84.5 Å². The number of benzene rings is 1. The molecule has 2 aliphatic carbocycles. The first-order valence-electron chi connectivity index (χ1n) is 11.6. The molecule has 0 nitrogen and oxygen atoms in total. The number of hydrogen-bond donors (Lipinski definition) is 0. The molecule has 1 aromatic rings. The van der Waals surface area contributed by atoms with E-state index in [1.807, 2.05) is 0 Å². The lowest BCUT2D eigenvalue weighted by Crippen LogP contribution is -2.07. The van der Waals surface area contributed by atoms with Crippen molar-refractivity contribution in [3.8, 4) is 0 Å². The van der Waals surface area contributed by atoms with E-state index in [9.17, 15) is 8.78 Å². The lowest BCUT2D eigenvalue weighted by atomic mass is 9.83. The average Bonchev–Trinajstić information content (AvgIpc) is 2.74. The summed E-state index contributed by atoms with van der Waals surface area (Å²) in [5.74, 6) is 0.00190. The SMILES string of the molecule is CCCCC1CC=C(c2ccc(CC/C=C/C3CC=C(C)CC3)c(F)c2F)CC1. The molecule has 0 bridgehead atoms. The fraction of sp³-hybridized carbons (Fsp3) is 0.556. The van der Waals surface area contributed by atoms with Crippen LogP contribution < -0.4 is 0 Å². The molecule has 29 heavy (non-hydrogen) atoms. The third kappa shape index (κ3) is 6.14. The molecular weight excluding hydrogens is 362 g/mol. The van der Waals surface area contributed by atoms with E-state index >= 15 is 0 Å². The Morgan fingerprint density at radius 1 is 1.03 bits per heavy atom. The lowest BCUT2D eigenvalue weighted by molar-refractivity contribution is 0.432. The summed E-state index contributed by atoms with van der Waals surface area (Å²) in [6, 6.07) is 3.59. The van der Waals surface area contributed by atoms with Gasteiger partial charge in [0.05, 0.1) is 0 Å². The van der Waals surface area contributed by atoms with Crippen LogP contribution >= 0.6 is 0 Å². The smallest absolute Gasteiger partial charge is 0.166 e. The minimum atomic E-state index is -0.655. The Kier molecular flexibility index (Phi) is 8.27. The highest BCUT2D eigenvalue weighted by Crippen LogP contribution is 2.35. The first-order chi connectivity index (χ1) is 14.1. The predicted molar refractivity (Wildman–Crippen MR) is 120 cm³/mol. The van der Waals surface area contributed by atoms with Crippen LogP contribution in [0.5, 0.6) is 0 Å². The molecule has 2 aliphatic rings. The van der Waals surface area contributed by atoms with Gasteiger partial charge in [-0.2, -0.15) is 0 Å². The van der Waals surface area contributed by atoms with Crippen LogP contribution in [0.1, 0.15) is 89.2 Å². The minimum absolute atomic E-state index is 0.472. The van der Waals surface area contributed by atoms with Crippen LogP contribution in [-0.2, 0) is 6.42 Å². The zero-order valence-electron chi connectivity index (χ0n) is 18.2. The molecule has 1 aromatic carbocycles. The first-order valence-corrected chi connectivity index (χ1v) is 11.6. The normalized spacial score (nSPS) is 22.6. The van der Waals surface area contributed by atoms with E-state index < -0.39 is 11.6 Å². The Morgan fingerprint density at radius 2 is 1.90 bits per heavy atom. The molecule has 0 aromatic heterocycles. The van der Waals surface area contributed by atoms with Gasteiger partial charge in [0, 0.05) is 5.56 Å². The molecule has 3 rings (SSSR count). The van der Waals surface area contributed by atoms with Crippen LogP contribution in [0, 0.1) is 23.5 Å². The van der Waals surface area contributed by atoms with E-state index in [2.05, 4.69) is 38.2 Å². The summed E-state index contributed by atoms with van der Waals surface area (Å²) in [5.41, 5.74) is 3.44. The summed E-state index contributed by atoms with van der Waals surface area (Å²) in [7, 11) is 0. The molecule has 2 unspecified atom stereocenters. The lowest BCUT2D eigenvalue weighted by Gasteiger charge is -2.22. The van der Waals surface area contributed by atoms with Gasteiger partial charge in [0.25, 0.3) is 0 Å². The zero-order chi connectivity index (χ0) is 20.6. The maximum absolute atomic E-state index is 14.7. The Morgan fingerprint density at radius 3 is 2.59 bits per heavy atom. The summed E-state index contributed by atoms with van der Waals surface area (Å²) in [5, 5.41) is 0. The van der Waals surface area contributed by atoms with Crippen LogP contribution in [0.2, 0.25) is 0 Å². The molecule has 0 radical (unpaired) electrons. The largest absolute Gasteiger partial charge is 0.203 e. The maximum Gasteiger partial charge on any atom is 0.166 e. The van der Waals surface area contributed by atoms with Crippen LogP contribution in [-0.4, -0.2) is 0 Å². The van der Waals surface area contributed by atoms with E-state index in [0.717, 1.165) is 37.7 Å². The molecule has 0 amide bonds. The van der Waals surface area contributed by atoms with E-state index in [1.165, 1.54) is 37.7 Å². The molecule has 0 aliphatic heterocycles. The molecular formula is C27H36F2. The fourth-order valence-electron chi connectivity index (χ4n) is 4.61. The molecule has 0 N–H and O–H groups in total. The van der Waals surface area contributed by atoms with Crippen LogP contribution in [0.3, 0.4) is 0 Å². The summed E-state index contributed by atoms with van der Waals surface area (Å²) in [6.07, 6.45) is 20.3. The molecule has 0 fully saturated rings. The van der Waals surface area contributed by atoms with Crippen molar-refractivity contribution in [2.75, 3.05) is 0 Å². The van der Waals surface area contributed by atoms with Gasteiger partial charge in [0.15, 0.2) is 11.6 Å². The van der Waals surface area contributed by atoms with Gasteiger partial charge < -0.3 is 0 Å². The first kappa shape index (κ1) is 22.0. The van der Waals surface area contributed by atoms with Gasteiger partial charge in [-0.1, -0.05) is 68.2 Å². The Bertz CT molecular complexity index is 769. The summed E-state index contributed by atoms with van der Waals surface area (Å²) >= 11 is 0. The standard InChI is InChI=1S/C27H36F2/c1-3-4-7-21-14-16-23(17-15-21)25-19-18-24(26(28)27(25)29)9-6-5-8-22-12-10-20(2)11-13-22/h5,8,10,16,18-19,21-22H,3-4,6-7,9,11-15,17H2,1-2H3/b8-5+. The van der Waals surface area contributed by atoms with Crippen molar-refractivity contribution in [1.82, 2.24) is 0 Å². The quantitative estimate of drug-likeness (QED) is 0.385. The Balaban J connectivity index is 1.56. The second-order valence-electron chi connectivity index (χ2n) is 8.96. The van der Waals surface area contributed by atoms with Gasteiger partial charge in [-0.3, -0.25) is 0 Å². The maximum atomic E-state index is 14.7. The highest BCUT2D eigenvalue weighted by molar-refractivity contribution is 5.67. The van der Waals surface area contributed by atoms with Crippen LogP contribution in [0.15, 0.2) is 42.0 Å². The van der Waals surface area contributed by atoms with Gasteiger partial charge in [-0.05, 0) is 81.3 Å². The van der Waals surface area contributed by atoms with E-state index in [0.29, 0.717) is 29.4 Å². The van der Waals surface area contributed by atoms with Crippen molar-refractivity contribution in [3.05, 3.63) is 64.8 Å².